The summed E-state index contributed by atoms with van der Waals surface area (Å²) < 4.78 is 11.8. The summed E-state index contributed by atoms with van der Waals surface area (Å²) >= 11 is 0. The van der Waals surface area contributed by atoms with Gasteiger partial charge in [-0.05, 0) is 33.7 Å². The van der Waals surface area contributed by atoms with Crippen LogP contribution in [0.3, 0.4) is 0 Å². The van der Waals surface area contributed by atoms with E-state index in [1.165, 1.54) is 0 Å². The molecule has 4 aromatic carbocycles. The zero-order valence-electron chi connectivity index (χ0n) is 17.7. The van der Waals surface area contributed by atoms with E-state index in [2.05, 4.69) is 51.1 Å². The molecule has 0 saturated carbocycles. The molecule has 0 bridgehead atoms. The molecule has 1 aliphatic heterocycles. The largest absolute Gasteiger partial charge is 0.496 e. The minimum atomic E-state index is -0.330. The Bertz CT molecular complexity index is 1310. The molecule has 150 valence electrons. The van der Waals surface area contributed by atoms with Gasteiger partial charge in [-0.15, -0.1) is 0 Å². The number of carbonyl (C=O) groups excluding carboxylic acids is 1. The van der Waals surface area contributed by atoms with Crippen LogP contribution in [0.4, 0.5) is 0 Å². The number of hydrogen-bond acceptors (Lipinski definition) is 3. The molecule has 1 atom stereocenters. The number of fused-ring (bicyclic) bond motifs is 3. The Morgan fingerprint density at radius 3 is 2.13 bits per heavy atom. The normalized spacial score (nSPS) is 16.0. The molecule has 0 radical (unpaired) electrons. The van der Waals surface area contributed by atoms with Crippen LogP contribution in [0.2, 0.25) is 0 Å². The maximum atomic E-state index is 12.9. The standard InChI is InChI=1S/C27H24O3/c1-27(2,3)25-24-20(26(28)30-25)15-17-10-6-8-12-19(17)23(24)22-18-11-7-5-9-16(18)13-14-21(22)29-4/h5-15,25H,1-4H3/t25-/m0/s1. The molecule has 3 nitrogen and oxygen atoms in total. The molecule has 1 heterocycles. The van der Waals surface area contributed by atoms with Crippen LogP contribution in [0, 0.1) is 5.41 Å². The lowest BCUT2D eigenvalue weighted by Crippen LogP contribution is -2.19. The Morgan fingerprint density at radius 2 is 1.47 bits per heavy atom. The van der Waals surface area contributed by atoms with Crippen molar-refractivity contribution in [3.63, 3.8) is 0 Å². The van der Waals surface area contributed by atoms with Gasteiger partial charge in [0.25, 0.3) is 0 Å². The van der Waals surface area contributed by atoms with Crippen LogP contribution in [-0.2, 0) is 4.74 Å². The van der Waals surface area contributed by atoms with Crippen molar-refractivity contribution in [3.8, 4) is 16.9 Å². The third-order valence-corrected chi connectivity index (χ3v) is 5.94. The fourth-order valence-corrected chi connectivity index (χ4v) is 4.59. The van der Waals surface area contributed by atoms with Crippen molar-refractivity contribution in [1.29, 1.82) is 0 Å². The third-order valence-electron chi connectivity index (χ3n) is 5.94. The first-order valence-electron chi connectivity index (χ1n) is 10.2. The van der Waals surface area contributed by atoms with Crippen LogP contribution in [0.5, 0.6) is 5.75 Å². The smallest absolute Gasteiger partial charge is 0.339 e. The van der Waals surface area contributed by atoms with Crippen LogP contribution in [0.25, 0.3) is 32.7 Å². The van der Waals surface area contributed by atoms with Crippen molar-refractivity contribution in [2.75, 3.05) is 7.11 Å². The number of methoxy groups -OCH3 is 1. The first-order chi connectivity index (χ1) is 14.4. The number of carbonyl (C=O) groups is 1. The maximum Gasteiger partial charge on any atom is 0.339 e. The Morgan fingerprint density at radius 1 is 0.833 bits per heavy atom. The van der Waals surface area contributed by atoms with E-state index < -0.39 is 0 Å². The van der Waals surface area contributed by atoms with E-state index in [4.69, 9.17) is 9.47 Å². The molecular formula is C27H24O3. The van der Waals surface area contributed by atoms with Gasteiger partial charge in [0.2, 0.25) is 0 Å². The Balaban J connectivity index is 2.01. The summed E-state index contributed by atoms with van der Waals surface area (Å²) in [7, 11) is 1.70. The molecule has 1 aliphatic rings. The quantitative estimate of drug-likeness (QED) is 0.345. The molecule has 4 aromatic rings. The molecule has 0 unspecified atom stereocenters. The summed E-state index contributed by atoms with van der Waals surface area (Å²) in [5, 5.41) is 4.35. The van der Waals surface area contributed by atoms with E-state index in [1.54, 1.807) is 7.11 Å². The fourth-order valence-electron chi connectivity index (χ4n) is 4.59. The molecule has 30 heavy (non-hydrogen) atoms. The number of esters is 1. The van der Waals surface area contributed by atoms with Gasteiger partial charge >= 0.3 is 5.97 Å². The predicted octanol–water partition coefficient (Wildman–Crippen LogP) is 6.93. The maximum absolute atomic E-state index is 12.9. The van der Waals surface area contributed by atoms with Gasteiger partial charge in [-0.1, -0.05) is 75.4 Å². The number of benzene rings is 4. The topological polar surface area (TPSA) is 35.5 Å². The average Bonchev–Trinajstić information content (AvgIpc) is 3.08. The highest BCUT2D eigenvalue weighted by molar-refractivity contribution is 6.13. The SMILES string of the molecule is COc1ccc2ccccc2c1-c1c2c(cc3ccccc13)C(=O)O[C@@H]2C(C)(C)C. The van der Waals surface area contributed by atoms with Crippen molar-refractivity contribution in [2.45, 2.75) is 26.9 Å². The van der Waals surface area contributed by atoms with E-state index in [0.29, 0.717) is 5.56 Å². The zero-order valence-corrected chi connectivity index (χ0v) is 17.7. The second-order valence-corrected chi connectivity index (χ2v) is 8.95. The van der Waals surface area contributed by atoms with E-state index in [-0.39, 0.29) is 17.5 Å². The van der Waals surface area contributed by atoms with Crippen LogP contribution >= 0.6 is 0 Å². The summed E-state index contributed by atoms with van der Waals surface area (Å²) in [6.07, 6.45) is -0.330. The first kappa shape index (κ1) is 18.7. The second kappa shape index (κ2) is 6.60. The van der Waals surface area contributed by atoms with Crippen LogP contribution in [0.15, 0.2) is 66.7 Å². The molecular weight excluding hydrogens is 372 g/mol. The number of cyclic esters (lactones) is 1. The minimum Gasteiger partial charge on any atom is -0.496 e. The molecule has 5 rings (SSSR count). The highest BCUT2D eigenvalue weighted by Crippen LogP contribution is 2.52. The molecule has 0 N–H and O–H groups in total. The summed E-state index contributed by atoms with van der Waals surface area (Å²) in [6.45, 7) is 6.33. The monoisotopic (exact) mass is 396 g/mol. The van der Waals surface area contributed by atoms with Gasteiger partial charge < -0.3 is 9.47 Å². The van der Waals surface area contributed by atoms with Gasteiger partial charge in [-0.2, -0.15) is 0 Å². The summed E-state index contributed by atoms with van der Waals surface area (Å²) in [5.74, 6) is 0.537. The molecule has 0 aliphatic carbocycles. The summed E-state index contributed by atoms with van der Waals surface area (Å²) in [4.78, 5) is 12.9. The lowest BCUT2D eigenvalue weighted by atomic mass is 9.78. The van der Waals surface area contributed by atoms with Gasteiger partial charge in [-0.25, -0.2) is 4.79 Å². The summed E-state index contributed by atoms with van der Waals surface area (Å²) in [5.41, 5.74) is 3.41. The van der Waals surface area contributed by atoms with Gasteiger partial charge in [0.05, 0.1) is 12.7 Å². The lowest BCUT2D eigenvalue weighted by molar-refractivity contribution is 0.00795. The number of rotatable bonds is 2. The van der Waals surface area contributed by atoms with Gasteiger partial charge in [0, 0.05) is 22.1 Å². The van der Waals surface area contributed by atoms with Crippen molar-refractivity contribution in [2.24, 2.45) is 5.41 Å². The lowest BCUT2D eigenvalue weighted by Gasteiger charge is -2.28. The average molecular weight is 396 g/mol. The van der Waals surface area contributed by atoms with Crippen molar-refractivity contribution >= 4 is 27.5 Å². The fraction of sp³-hybridized carbons (Fsp3) is 0.222. The molecule has 3 heteroatoms. The van der Waals surface area contributed by atoms with Crippen molar-refractivity contribution < 1.29 is 14.3 Å². The Kier molecular flexibility index (Phi) is 4.11. The van der Waals surface area contributed by atoms with Crippen LogP contribution in [-0.4, -0.2) is 13.1 Å². The predicted molar refractivity (Wildman–Crippen MR) is 121 cm³/mol. The van der Waals surface area contributed by atoms with E-state index in [1.807, 2.05) is 36.4 Å². The molecule has 0 fully saturated rings. The van der Waals surface area contributed by atoms with Gasteiger partial charge in [-0.3, -0.25) is 0 Å². The van der Waals surface area contributed by atoms with E-state index >= 15 is 0 Å². The van der Waals surface area contributed by atoms with Gasteiger partial charge in [0.15, 0.2) is 0 Å². The molecule has 0 aromatic heterocycles. The number of hydrogen-bond donors (Lipinski definition) is 0. The minimum absolute atomic E-state index is 0.240. The highest BCUT2D eigenvalue weighted by Gasteiger charge is 2.42. The van der Waals surface area contributed by atoms with E-state index in [9.17, 15) is 4.79 Å². The highest BCUT2D eigenvalue weighted by atomic mass is 16.5. The first-order valence-corrected chi connectivity index (χ1v) is 10.2. The zero-order chi connectivity index (χ0) is 21.0. The third kappa shape index (κ3) is 2.69. The molecule has 0 amide bonds. The van der Waals surface area contributed by atoms with Crippen molar-refractivity contribution in [3.05, 3.63) is 77.9 Å². The van der Waals surface area contributed by atoms with Crippen LogP contribution in [0.1, 0.15) is 42.8 Å². The molecule has 0 saturated heterocycles. The van der Waals surface area contributed by atoms with Crippen molar-refractivity contribution in [1.82, 2.24) is 0 Å². The van der Waals surface area contributed by atoms with Gasteiger partial charge in [0.1, 0.15) is 11.9 Å². The second-order valence-electron chi connectivity index (χ2n) is 8.95. The Labute approximate surface area is 176 Å². The summed E-state index contributed by atoms with van der Waals surface area (Å²) in [6, 6.07) is 22.6. The van der Waals surface area contributed by atoms with E-state index in [0.717, 1.165) is 44.0 Å². The molecule has 0 spiro atoms. The van der Waals surface area contributed by atoms with Crippen LogP contribution < -0.4 is 4.74 Å². The Hall–Kier alpha value is -3.33. The number of ether oxygens (including phenoxy) is 2.